The van der Waals surface area contributed by atoms with E-state index >= 15 is 0 Å². The highest BCUT2D eigenvalue weighted by Gasteiger charge is 1.98. The van der Waals surface area contributed by atoms with Gasteiger partial charge in [0.1, 0.15) is 12.1 Å². The molecule has 0 aliphatic rings. The van der Waals surface area contributed by atoms with E-state index in [2.05, 4.69) is 15.3 Å². The van der Waals surface area contributed by atoms with Gasteiger partial charge in [-0.25, -0.2) is 9.97 Å². The van der Waals surface area contributed by atoms with Crippen LogP contribution >= 0.6 is 0 Å². The standard InChI is InChI=1S/C13H17N3O2/c17-6-5-14-4-1-7-18-12-3-2-11-9-15-10-16-13(11)8-12/h2-3,8-10,14,17H,1,4-7H2. The van der Waals surface area contributed by atoms with Crippen LogP contribution in [-0.2, 0) is 0 Å². The van der Waals surface area contributed by atoms with Crippen molar-refractivity contribution in [2.75, 3.05) is 26.3 Å². The molecule has 96 valence electrons. The molecule has 0 aliphatic heterocycles. The van der Waals surface area contributed by atoms with Gasteiger partial charge in [-0.3, -0.25) is 0 Å². The summed E-state index contributed by atoms with van der Waals surface area (Å²) in [6.45, 7) is 2.30. The first kappa shape index (κ1) is 12.7. The second kappa shape index (κ2) is 6.88. The predicted octanol–water partition coefficient (Wildman–Crippen LogP) is 0.981. The zero-order valence-electron chi connectivity index (χ0n) is 10.2. The number of ether oxygens (including phenoxy) is 1. The Hall–Kier alpha value is -1.72. The van der Waals surface area contributed by atoms with Crippen LogP contribution in [0.25, 0.3) is 10.9 Å². The van der Waals surface area contributed by atoms with Gasteiger partial charge in [0.15, 0.2) is 0 Å². The van der Waals surface area contributed by atoms with Gasteiger partial charge in [-0.2, -0.15) is 0 Å². The Bertz CT molecular complexity index is 490. The molecule has 0 atom stereocenters. The van der Waals surface area contributed by atoms with Crippen molar-refractivity contribution in [2.24, 2.45) is 0 Å². The van der Waals surface area contributed by atoms with Crippen LogP contribution in [0.4, 0.5) is 0 Å². The first-order valence-corrected chi connectivity index (χ1v) is 6.04. The average Bonchev–Trinajstić information content (AvgIpc) is 2.42. The van der Waals surface area contributed by atoms with Crippen molar-refractivity contribution in [1.29, 1.82) is 0 Å². The van der Waals surface area contributed by atoms with Crippen molar-refractivity contribution in [2.45, 2.75) is 6.42 Å². The second-order valence-electron chi connectivity index (χ2n) is 3.92. The summed E-state index contributed by atoms with van der Waals surface area (Å²) in [7, 11) is 0. The smallest absolute Gasteiger partial charge is 0.121 e. The van der Waals surface area contributed by atoms with Gasteiger partial charge in [0.2, 0.25) is 0 Å². The van der Waals surface area contributed by atoms with E-state index in [9.17, 15) is 0 Å². The van der Waals surface area contributed by atoms with Crippen molar-refractivity contribution in [3.63, 3.8) is 0 Å². The molecule has 5 nitrogen and oxygen atoms in total. The summed E-state index contributed by atoms with van der Waals surface area (Å²) in [4.78, 5) is 8.15. The van der Waals surface area contributed by atoms with E-state index in [0.29, 0.717) is 13.2 Å². The van der Waals surface area contributed by atoms with Crippen molar-refractivity contribution < 1.29 is 9.84 Å². The van der Waals surface area contributed by atoms with Gasteiger partial charge in [0.25, 0.3) is 0 Å². The number of aliphatic hydroxyl groups excluding tert-OH is 1. The van der Waals surface area contributed by atoms with Gasteiger partial charge in [0.05, 0.1) is 18.7 Å². The summed E-state index contributed by atoms with van der Waals surface area (Å²) in [6.07, 6.45) is 4.22. The Morgan fingerprint density at radius 3 is 3.11 bits per heavy atom. The quantitative estimate of drug-likeness (QED) is 0.714. The number of nitrogens with one attached hydrogen (secondary N) is 1. The number of hydrogen-bond donors (Lipinski definition) is 2. The predicted molar refractivity (Wildman–Crippen MR) is 69.6 cm³/mol. The zero-order valence-corrected chi connectivity index (χ0v) is 10.2. The van der Waals surface area contributed by atoms with Gasteiger partial charge in [0, 0.05) is 24.2 Å². The van der Waals surface area contributed by atoms with Gasteiger partial charge < -0.3 is 15.2 Å². The molecule has 5 heteroatoms. The molecule has 0 unspecified atom stereocenters. The fraction of sp³-hybridized carbons (Fsp3) is 0.385. The normalized spacial score (nSPS) is 10.7. The Morgan fingerprint density at radius 1 is 1.28 bits per heavy atom. The average molecular weight is 247 g/mol. The van der Waals surface area contributed by atoms with Gasteiger partial charge in [-0.05, 0) is 25.1 Å². The highest BCUT2D eigenvalue weighted by Crippen LogP contribution is 2.17. The van der Waals surface area contributed by atoms with Crippen LogP contribution in [0.15, 0.2) is 30.7 Å². The van der Waals surface area contributed by atoms with Crippen LogP contribution in [0.1, 0.15) is 6.42 Å². The molecular weight excluding hydrogens is 230 g/mol. The summed E-state index contributed by atoms with van der Waals surface area (Å²) in [5.41, 5.74) is 0.890. The van der Waals surface area contributed by atoms with E-state index in [-0.39, 0.29) is 6.61 Å². The van der Waals surface area contributed by atoms with Gasteiger partial charge in [-0.15, -0.1) is 0 Å². The van der Waals surface area contributed by atoms with E-state index in [0.717, 1.165) is 29.6 Å². The minimum absolute atomic E-state index is 0.172. The maximum Gasteiger partial charge on any atom is 0.121 e. The molecule has 0 amide bonds. The lowest BCUT2D eigenvalue weighted by atomic mass is 10.2. The van der Waals surface area contributed by atoms with Gasteiger partial charge in [-0.1, -0.05) is 0 Å². The minimum Gasteiger partial charge on any atom is -0.493 e. The molecule has 0 radical (unpaired) electrons. The summed E-state index contributed by atoms with van der Waals surface area (Å²) >= 11 is 0. The number of rotatable bonds is 7. The molecule has 0 spiro atoms. The molecule has 1 aromatic carbocycles. The second-order valence-corrected chi connectivity index (χ2v) is 3.92. The SMILES string of the molecule is OCCNCCCOc1ccc2cncnc2c1. The maximum atomic E-state index is 8.60. The van der Waals surface area contributed by atoms with Crippen molar-refractivity contribution in [3.8, 4) is 5.75 Å². The summed E-state index contributed by atoms with van der Waals surface area (Å²) in [6, 6.07) is 5.79. The largest absolute Gasteiger partial charge is 0.493 e. The van der Waals surface area contributed by atoms with Crippen LogP contribution in [0.3, 0.4) is 0 Å². The Labute approximate surface area is 106 Å². The third-order valence-corrected chi connectivity index (χ3v) is 2.53. The number of benzene rings is 1. The molecule has 2 aromatic rings. The van der Waals surface area contributed by atoms with Gasteiger partial charge >= 0.3 is 0 Å². The third kappa shape index (κ3) is 3.65. The summed E-state index contributed by atoms with van der Waals surface area (Å²) in [5, 5.41) is 12.7. The Morgan fingerprint density at radius 2 is 2.22 bits per heavy atom. The van der Waals surface area contributed by atoms with Crippen LogP contribution < -0.4 is 10.1 Å². The van der Waals surface area contributed by atoms with E-state index < -0.39 is 0 Å². The van der Waals surface area contributed by atoms with Crippen LogP contribution in [0.5, 0.6) is 5.75 Å². The first-order chi connectivity index (χ1) is 8.90. The number of fused-ring (bicyclic) bond motifs is 1. The lowest BCUT2D eigenvalue weighted by Crippen LogP contribution is -2.20. The highest BCUT2D eigenvalue weighted by molar-refractivity contribution is 5.78. The van der Waals surface area contributed by atoms with Crippen LogP contribution in [0.2, 0.25) is 0 Å². The van der Waals surface area contributed by atoms with E-state index in [4.69, 9.17) is 9.84 Å². The molecule has 1 heterocycles. The molecular formula is C13H17N3O2. The lowest BCUT2D eigenvalue weighted by Gasteiger charge is -2.07. The fourth-order valence-corrected chi connectivity index (χ4v) is 1.63. The molecule has 2 N–H and O–H groups in total. The summed E-state index contributed by atoms with van der Waals surface area (Å²) in [5.74, 6) is 0.823. The lowest BCUT2D eigenvalue weighted by molar-refractivity contribution is 0.282. The molecule has 0 aliphatic carbocycles. The third-order valence-electron chi connectivity index (χ3n) is 2.53. The zero-order chi connectivity index (χ0) is 12.6. The van der Waals surface area contributed by atoms with Crippen molar-refractivity contribution >= 4 is 10.9 Å². The Kier molecular flexibility index (Phi) is 4.87. The van der Waals surface area contributed by atoms with Crippen LogP contribution in [-0.4, -0.2) is 41.4 Å². The van der Waals surface area contributed by atoms with E-state index in [1.807, 2.05) is 18.2 Å². The van der Waals surface area contributed by atoms with Crippen LogP contribution in [0, 0.1) is 0 Å². The maximum absolute atomic E-state index is 8.60. The highest BCUT2D eigenvalue weighted by atomic mass is 16.5. The molecule has 18 heavy (non-hydrogen) atoms. The minimum atomic E-state index is 0.172. The Balaban J connectivity index is 1.81. The molecule has 0 bridgehead atoms. The van der Waals surface area contributed by atoms with Crippen molar-refractivity contribution in [3.05, 3.63) is 30.7 Å². The summed E-state index contributed by atoms with van der Waals surface area (Å²) < 4.78 is 5.63. The number of nitrogens with zero attached hydrogens (tertiary/aromatic N) is 2. The molecule has 2 rings (SSSR count). The van der Waals surface area contributed by atoms with E-state index in [1.165, 1.54) is 6.33 Å². The molecule has 0 fully saturated rings. The molecule has 0 saturated carbocycles. The van der Waals surface area contributed by atoms with E-state index in [1.54, 1.807) is 6.20 Å². The fourth-order valence-electron chi connectivity index (χ4n) is 1.63. The topological polar surface area (TPSA) is 67.3 Å². The molecule has 1 aromatic heterocycles. The first-order valence-electron chi connectivity index (χ1n) is 6.04. The molecule has 0 saturated heterocycles. The number of aliphatic hydroxyl groups is 1. The van der Waals surface area contributed by atoms with Crippen molar-refractivity contribution in [1.82, 2.24) is 15.3 Å². The number of aromatic nitrogens is 2. The number of hydrogen-bond acceptors (Lipinski definition) is 5. The monoisotopic (exact) mass is 247 g/mol.